The Balaban J connectivity index is 1.44. The Bertz CT molecular complexity index is 860. The molecular weight excluding hydrogens is 372 g/mol. The van der Waals surface area contributed by atoms with Gasteiger partial charge in [-0.3, -0.25) is 9.80 Å². The number of fused-ring (bicyclic) bond motifs is 4. The maximum Gasteiger partial charge on any atom is 0.123 e. The summed E-state index contributed by atoms with van der Waals surface area (Å²) in [5.41, 5.74) is 4.15. The van der Waals surface area contributed by atoms with Gasteiger partial charge in [-0.15, -0.1) is 11.3 Å². The number of hydrogen-bond acceptors (Lipinski definition) is 6. The number of hydrogen-bond donors (Lipinski definition) is 0. The smallest absolute Gasteiger partial charge is 0.123 e. The average molecular weight is 401 g/mol. The standard InChI is InChI=1S/C22H28N2O3S/c1-25-20-3-4-21(26-2)18-14-24-6-5-22-17(19(24)12-16(18)20)11-15(28-22)13-23-7-9-27-10-8-23/h3-4,11,19H,5-10,12-14H2,1-2H3. The molecule has 0 N–H and O–H groups in total. The predicted octanol–water partition coefficient (Wildman–Crippen LogP) is 3.25. The molecule has 5 nitrogen and oxygen atoms in total. The van der Waals surface area contributed by atoms with Crippen LogP contribution in [0.15, 0.2) is 18.2 Å². The fraction of sp³-hybridized carbons (Fsp3) is 0.545. The summed E-state index contributed by atoms with van der Waals surface area (Å²) in [6.45, 7) is 6.93. The SMILES string of the molecule is COc1ccc(OC)c2c1CC1c3cc(CN4CCOCC4)sc3CCN1C2. The van der Waals surface area contributed by atoms with E-state index in [9.17, 15) is 0 Å². The van der Waals surface area contributed by atoms with Crippen LogP contribution < -0.4 is 9.47 Å². The second-order valence-corrected chi connectivity index (χ2v) is 9.07. The number of thiophene rings is 1. The molecule has 1 saturated heterocycles. The molecule has 0 aliphatic carbocycles. The van der Waals surface area contributed by atoms with Gasteiger partial charge >= 0.3 is 0 Å². The van der Waals surface area contributed by atoms with Gasteiger partial charge < -0.3 is 14.2 Å². The first-order valence-electron chi connectivity index (χ1n) is 10.1. The summed E-state index contributed by atoms with van der Waals surface area (Å²) in [6.07, 6.45) is 2.15. The van der Waals surface area contributed by atoms with E-state index < -0.39 is 0 Å². The van der Waals surface area contributed by atoms with E-state index in [2.05, 4.69) is 21.9 Å². The van der Waals surface area contributed by atoms with Crippen molar-refractivity contribution in [2.75, 3.05) is 47.1 Å². The van der Waals surface area contributed by atoms with Crippen LogP contribution in [0.3, 0.4) is 0 Å². The summed E-state index contributed by atoms with van der Waals surface area (Å²) in [4.78, 5) is 8.22. The lowest BCUT2D eigenvalue weighted by Crippen LogP contribution is -2.39. The molecule has 1 atom stereocenters. The van der Waals surface area contributed by atoms with Gasteiger partial charge in [-0.1, -0.05) is 0 Å². The lowest BCUT2D eigenvalue weighted by Gasteiger charge is -2.41. The molecule has 0 bridgehead atoms. The van der Waals surface area contributed by atoms with Crippen LogP contribution in [0.1, 0.15) is 32.5 Å². The van der Waals surface area contributed by atoms with Gasteiger partial charge in [0.15, 0.2) is 0 Å². The summed E-state index contributed by atoms with van der Waals surface area (Å²) in [5.74, 6) is 1.98. The van der Waals surface area contributed by atoms with Crippen LogP contribution in [-0.4, -0.2) is 56.9 Å². The molecule has 0 saturated carbocycles. The van der Waals surface area contributed by atoms with Crippen LogP contribution in [0.4, 0.5) is 0 Å². The average Bonchev–Trinajstić information content (AvgIpc) is 3.15. The summed E-state index contributed by atoms with van der Waals surface area (Å²) in [6, 6.07) is 7.02. The van der Waals surface area contributed by atoms with Crippen molar-refractivity contribution in [1.29, 1.82) is 0 Å². The van der Waals surface area contributed by atoms with Crippen molar-refractivity contribution >= 4 is 11.3 Å². The quantitative estimate of drug-likeness (QED) is 0.787. The van der Waals surface area contributed by atoms with E-state index in [0.29, 0.717) is 6.04 Å². The molecule has 0 radical (unpaired) electrons. The van der Waals surface area contributed by atoms with Gasteiger partial charge in [0.25, 0.3) is 0 Å². The van der Waals surface area contributed by atoms with E-state index in [1.807, 2.05) is 17.4 Å². The first-order valence-corrected chi connectivity index (χ1v) is 11.0. The molecule has 0 amide bonds. The minimum Gasteiger partial charge on any atom is -0.496 e. The molecule has 1 aromatic carbocycles. The number of nitrogens with zero attached hydrogens (tertiary/aromatic N) is 2. The molecule has 5 rings (SSSR count). The molecule has 0 spiro atoms. The number of rotatable bonds is 4. The fourth-order valence-electron chi connectivity index (χ4n) is 4.89. The zero-order chi connectivity index (χ0) is 19.1. The van der Waals surface area contributed by atoms with Crippen LogP contribution in [0.2, 0.25) is 0 Å². The van der Waals surface area contributed by atoms with Gasteiger partial charge in [0.05, 0.1) is 27.4 Å². The number of morpholine rings is 1. The zero-order valence-electron chi connectivity index (χ0n) is 16.7. The van der Waals surface area contributed by atoms with E-state index in [0.717, 1.165) is 70.3 Å². The minimum absolute atomic E-state index is 0.451. The highest BCUT2D eigenvalue weighted by atomic mass is 32.1. The van der Waals surface area contributed by atoms with Gasteiger partial charge in [0.1, 0.15) is 11.5 Å². The van der Waals surface area contributed by atoms with E-state index in [1.54, 1.807) is 19.1 Å². The van der Waals surface area contributed by atoms with Crippen molar-refractivity contribution in [3.05, 3.63) is 44.6 Å². The number of ether oxygens (including phenoxy) is 3. The normalized spacial score (nSPS) is 22.3. The molecule has 3 aliphatic rings. The van der Waals surface area contributed by atoms with Crippen LogP contribution in [-0.2, 0) is 30.7 Å². The molecule has 1 unspecified atom stereocenters. The Labute approximate surface area is 170 Å². The molecule has 1 aromatic heterocycles. The van der Waals surface area contributed by atoms with Crippen LogP contribution in [0.5, 0.6) is 11.5 Å². The highest BCUT2D eigenvalue weighted by Crippen LogP contribution is 2.45. The van der Waals surface area contributed by atoms with Gasteiger partial charge in [-0.2, -0.15) is 0 Å². The van der Waals surface area contributed by atoms with Crippen molar-refractivity contribution in [3.8, 4) is 11.5 Å². The van der Waals surface area contributed by atoms with E-state index in [-0.39, 0.29) is 0 Å². The van der Waals surface area contributed by atoms with Crippen LogP contribution in [0, 0.1) is 0 Å². The Morgan fingerprint density at radius 3 is 2.57 bits per heavy atom. The molecule has 3 aliphatic heterocycles. The second kappa shape index (κ2) is 7.67. The minimum atomic E-state index is 0.451. The Kier molecular flexibility index (Phi) is 5.05. The zero-order valence-corrected chi connectivity index (χ0v) is 17.5. The third-order valence-corrected chi connectivity index (χ3v) is 7.54. The lowest BCUT2D eigenvalue weighted by molar-refractivity contribution is 0.0346. The second-order valence-electron chi connectivity index (χ2n) is 7.85. The molecule has 1 fully saturated rings. The van der Waals surface area contributed by atoms with Crippen LogP contribution in [0.25, 0.3) is 0 Å². The van der Waals surface area contributed by atoms with Crippen molar-refractivity contribution in [2.45, 2.75) is 32.0 Å². The maximum absolute atomic E-state index is 5.70. The Morgan fingerprint density at radius 2 is 1.82 bits per heavy atom. The fourth-order valence-corrected chi connectivity index (χ4v) is 6.14. The maximum atomic E-state index is 5.70. The van der Waals surface area contributed by atoms with Gasteiger partial charge in [-0.05, 0) is 36.6 Å². The molecule has 28 heavy (non-hydrogen) atoms. The first kappa shape index (κ1) is 18.4. The largest absolute Gasteiger partial charge is 0.496 e. The van der Waals surface area contributed by atoms with E-state index in [4.69, 9.17) is 14.2 Å². The third-order valence-electron chi connectivity index (χ3n) is 6.35. The van der Waals surface area contributed by atoms with Crippen LogP contribution >= 0.6 is 11.3 Å². The monoisotopic (exact) mass is 400 g/mol. The highest BCUT2D eigenvalue weighted by Gasteiger charge is 2.36. The van der Waals surface area contributed by atoms with Crippen molar-refractivity contribution in [1.82, 2.24) is 9.80 Å². The highest BCUT2D eigenvalue weighted by molar-refractivity contribution is 7.12. The molecule has 2 aromatic rings. The first-order chi connectivity index (χ1) is 13.8. The number of methoxy groups -OCH3 is 2. The van der Waals surface area contributed by atoms with E-state index >= 15 is 0 Å². The molecule has 4 heterocycles. The molecular formula is C22H28N2O3S. The van der Waals surface area contributed by atoms with Gasteiger partial charge in [-0.25, -0.2) is 0 Å². The van der Waals surface area contributed by atoms with Crippen molar-refractivity contribution in [2.24, 2.45) is 0 Å². The van der Waals surface area contributed by atoms with Gasteiger partial charge in [0, 0.05) is 59.6 Å². The molecule has 150 valence electrons. The summed E-state index contributed by atoms with van der Waals surface area (Å²) in [5, 5.41) is 0. The Morgan fingerprint density at radius 1 is 1.07 bits per heavy atom. The summed E-state index contributed by atoms with van der Waals surface area (Å²) < 4.78 is 16.8. The predicted molar refractivity (Wildman–Crippen MR) is 111 cm³/mol. The summed E-state index contributed by atoms with van der Waals surface area (Å²) >= 11 is 2.02. The summed E-state index contributed by atoms with van der Waals surface area (Å²) in [7, 11) is 3.53. The van der Waals surface area contributed by atoms with Crippen molar-refractivity contribution < 1.29 is 14.2 Å². The lowest BCUT2D eigenvalue weighted by atomic mass is 9.86. The van der Waals surface area contributed by atoms with Gasteiger partial charge in [0.2, 0.25) is 0 Å². The Hall–Kier alpha value is -1.60. The number of benzene rings is 1. The molecule has 6 heteroatoms. The third kappa shape index (κ3) is 3.22. The topological polar surface area (TPSA) is 34.2 Å². The van der Waals surface area contributed by atoms with Crippen molar-refractivity contribution in [3.63, 3.8) is 0 Å². The van der Waals surface area contributed by atoms with E-state index in [1.165, 1.54) is 21.6 Å².